The fraction of sp³-hybridized carbons (Fsp3) is 0.222. The molecule has 4 nitrogen and oxygen atoms in total. The van der Waals surface area contributed by atoms with Crippen molar-refractivity contribution in [3.63, 3.8) is 0 Å². The number of hydrogen-bond acceptors (Lipinski definition) is 2. The summed E-state index contributed by atoms with van der Waals surface area (Å²) in [6.45, 7) is 4.11. The van der Waals surface area contributed by atoms with E-state index in [0.29, 0.717) is 12.1 Å². The van der Waals surface area contributed by atoms with Crippen LogP contribution in [0.25, 0.3) is 0 Å². The van der Waals surface area contributed by atoms with Crippen LogP contribution in [0.2, 0.25) is 0 Å². The molecule has 2 rings (SSSR count). The molecule has 0 fully saturated rings. The van der Waals surface area contributed by atoms with Crippen molar-refractivity contribution in [1.29, 1.82) is 5.26 Å². The Hall–Kier alpha value is -2.07. The number of hydrogen-bond donors (Lipinski definition) is 2. The SMILES string of the molecule is CCNC(=NCc1cccc(C#N)c1)NCc1ccccc1.I. The van der Waals surface area contributed by atoms with Gasteiger partial charge in [0.15, 0.2) is 5.96 Å². The summed E-state index contributed by atoms with van der Waals surface area (Å²) in [7, 11) is 0. The van der Waals surface area contributed by atoms with Gasteiger partial charge >= 0.3 is 0 Å². The van der Waals surface area contributed by atoms with Crippen LogP contribution in [0.4, 0.5) is 0 Å². The number of benzene rings is 2. The highest BCUT2D eigenvalue weighted by Crippen LogP contribution is 2.05. The number of aliphatic imine (C=N–C) groups is 1. The molecule has 0 aliphatic heterocycles. The first-order valence-corrected chi connectivity index (χ1v) is 7.37. The molecule has 0 saturated carbocycles. The Labute approximate surface area is 154 Å². The van der Waals surface area contributed by atoms with E-state index in [1.165, 1.54) is 5.56 Å². The number of nitrogens with zero attached hydrogens (tertiary/aromatic N) is 2. The lowest BCUT2D eigenvalue weighted by atomic mass is 10.1. The Morgan fingerprint density at radius 2 is 1.78 bits per heavy atom. The molecule has 2 aromatic rings. The largest absolute Gasteiger partial charge is 0.357 e. The standard InChI is InChI=1S/C18H20N4.HI/c1-2-20-18(21-13-15-7-4-3-5-8-15)22-14-17-10-6-9-16(11-17)12-19;/h3-11H,2,13-14H2,1H3,(H2,20,21,22);1H. The van der Waals surface area contributed by atoms with Crippen LogP contribution >= 0.6 is 24.0 Å². The van der Waals surface area contributed by atoms with Gasteiger partial charge in [-0.2, -0.15) is 5.26 Å². The number of guanidine groups is 1. The fourth-order valence-electron chi connectivity index (χ4n) is 2.03. The Morgan fingerprint density at radius 3 is 2.48 bits per heavy atom. The maximum atomic E-state index is 8.92. The maximum absolute atomic E-state index is 8.92. The minimum absolute atomic E-state index is 0. The van der Waals surface area contributed by atoms with Gasteiger partial charge in [0.2, 0.25) is 0 Å². The summed E-state index contributed by atoms with van der Waals surface area (Å²) < 4.78 is 0. The molecule has 2 aromatic carbocycles. The van der Waals surface area contributed by atoms with E-state index in [1.54, 1.807) is 6.07 Å². The molecule has 120 valence electrons. The summed E-state index contributed by atoms with van der Waals surface area (Å²) in [4.78, 5) is 4.56. The van der Waals surface area contributed by atoms with Gasteiger partial charge in [-0.1, -0.05) is 42.5 Å². The van der Waals surface area contributed by atoms with Crippen molar-refractivity contribution < 1.29 is 0 Å². The van der Waals surface area contributed by atoms with Crippen LogP contribution in [-0.2, 0) is 13.1 Å². The Balaban J connectivity index is 0.00000264. The Bertz CT molecular complexity index is 662. The van der Waals surface area contributed by atoms with Crippen molar-refractivity contribution in [2.45, 2.75) is 20.0 Å². The van der Waals surface area contributed by atoms with Gasteiger partial charge in [-0.3, -0.25) is 0 Å². The van der Waals surface area contributed by atoms with E-state index in [-0.39, 0.29) is 24.0 Å². The van der Waals surface area contributed by atoms with Crippen LogP contribution in [-0.4, -0.2) is 12.5 Å². The lowest BCUT2D eigenvalue weighted by molar-refractivity contribution is 0.816. The van der Waals surface area contributed by atoms with Crippen molar-refractivity contribution in [2.75, 3.05) is 6.54 Å². The minimum Gasteiger partial charge on any atom is -0.357 e. The highest BCUT2D eigenvalue weighted by molar-refractivity contribution is 14.0. The molecular formula is C18H21IN4. The van der Waals surface area contributed by atoms with Crippen molar-refractivity contribution in [3.8, 4) is 6.07 Å². The summed E-state index contributed by atoms with van der Waals surface area (Å²) in [5.74, 6) is 0.772. The topological polar surface area (TPSA) is 60.2 Å². The summed E-state index contributed by atoms with van der Waals surface area (Å²) in [6.07, 6.45) is 0. The number of rotatable bonds is 5. The predicted octanol–water partition coefficient (Wildman–Crippen LogP) is 3.43. The summed E-state index contributed by atoms with van der Waals surface area (Å²) in [6, 6.07) is 19.9. The normalized spacial score (nSPS) is 10.3. The van der Waals surface area contributed by atoms with E-state index < -0.39 is 0 Å². The van der Waals surface area contributed by atoms with Gasteiger partial charge in [0.25, 0.3) is 0 Å². The molecule has 0 bridgehead atoms. The maximum Gasteiger partial charge on any atom is 0.191 e. The van der Waals surface area contributed by atoms with Crippen LogP contribution < -0.4 is 10.6 Å². The zero-order valence-corrected chi connectivity index (χ0v) is 15.5. The van der Waals surface area contributed by atoms with Crippen LogP contribution in [0, 0.1) is 11.3 Å². The third kappa shape index (κ3) is 6.70. The molecule has 0 unspecified atom stereocenters. The van der Waals surface area contributed by atoms with Gasteiger partial charge < -0.3 is 10.6 Å². The van der Waals surface area contributed by atoms with Gasteiger partial charge in [0.1, 0.15) is 0 Å². The number of nitrogens with one attached hydrogen (secondary N) is 2. The van der Waals surface area contributed by atoms with Gasteiger partial charge in [0, 0.05) is 13.1 Å². The molecule has 0 aliphatic carbocycles. The quantitative estimate of drug-likeness (QED) is 0.443. The van der Waals surface area contributed by atoms with E-state index >= 15 is 0 Å². The second-order valence-electron chi connectivity index (χ2n) is 4.85. The van der Waals surface area contributed by atoms with E-state index in [0.717, 1.165) is 24.6 Å². The van der Waals surface area contributed by atoms with Gasteiger partial charge in [-0.05, 0) is 30.2 Å². The van der Waals surface area contributed by atoms with Gasteiger partial charge in [-0.25, -0.2) is 4.99 Å². The lowest BCUT2D eigenvalue weighted by Crippen LogP contribution is -2.36. The first-order chi connectivity index (χ1) is 10.8. The second-order valence-corrected chi connectivity index (χ2v) is 4.85. The molecule has 0 atom stereocenters. The highest BCUT2D eigenvalue weighted by Gasteiger charge is 1.99. The molecule has 2 N–H and O–H groups in total. The predicted molar refractivity (Wildman–Crippen MR) is 105 cm³/mol. The van der Waals surface area contributed by atoms with Gasteiger partial charge in [-0.15, -0.1) is 24.0 Å². The van der Waals surface area contributed by atoms with Gasteiger partial charge in [0.05, 0.1) is 18.2 Å². The van der Waals surface area contributed by atoms with E-state index in [4.69, 9.17) is 5.26 Å². The average molecular weight is 420 g/mol. The summed E-state index contributed by atoms with van der Waals surface area (Å²) in [5.41, 5.74) is 2.89. The smallest absolute Gasteiger partial charge is 0.191 e. The van der Waals surface area contributed by atoms with E-state index in [1.807, 2.05) is 43.3 Å². The molecule has 0 amide bonds. The van der Waals surface area contributed by atoms with Crippen LogP contribution in [0.15, 0.2) is 59.6 Å². The molecule has 0 radical (unpaired) electrons. The lowest BCUT2D eigenvalue weighted by Gasteiger charge is -2.11. The van der Waals surface area contributed by atoms with Crippen molar-refractivity contribution in [3.05, 3.63) is 71.3 Å². The highest BCUT2D eigenvalue weighted by atomic mass is 127. The zero-order chi connectivity index (χ0) is 15.6. The first-order valence-electron chi connectivity index (χ1n) is 7.37. The Morgan fingerprint density at radius 1 is 1.04 bits per heavy atom. The van der Waals surface area contributed by atoms with Crippen molar-refractivity contribution >= 4 is 29.9 Å². The molecule has 5 heteroatoms. The van der Waals surface area contributed by atoms with Crippen molar-refractivity contribution in [2.24, 2.45) is 4.99 Å². The van der Waals surface area contributed by atoms with Crippen LogP contribution in [0.5, 0.6) is 0 Å². The van der Waals surface area contributed by atoms with Crippen LogP contribution in [0.3, 0.4) is 0 Å². The van der Waals surface area contributed by atoms with Crippen LogP contribution in [0.1, 0.15) is 23.6 Å². The fourth-order valence-corrected chi connectivity index (χ4v) is 2.03. The number of nitriles is 1. The second kappa shape index (κ2) is 10.6. The zero-order valence-electron chi connectivity index (χ0n) is 13.1. The summed E-state index contributed by atoms with van der Waals surface area (Å²) in [5, 5.41) is 15.5. The first kappa shape index (κ1) is 19.0. The molecule has 0 aromatic heterocycles. The third-order valence-electron chi connectivity index (χ3n) is 3.12. The van der Waals surface area contributed by atoms with E-state index in [9.17, 15) is 0 Å². The molecule has 0 heterocycles. The Kier molecular flexibility index (Phi) is 8.76. The van der Waals surface area contributed by atoms with E-state index in [2.05, 4.69) is 33.8 Å². The molecule has 23 heavy (non-hydrogen) atoms. The summed E-state index contributed by atoms with van der Waals surface area (Å²) >= 11 is 0. The molecule has 0 spiro atoms. The van der Waals surface area contributed by atoms with Crippen molar-refractivity contribution in [1.82, 2.24) is 10.6 Å². The number of halogens is 1. The third-order valence-corrected chi connectivity index (χ3v) is 3.12. The molecular weight excluding hydrogens is 399 g/mol. The molecule has 0 aliphatic rings. The molecule has 0 saturated heterocycles. The average Bonchev–Trinajstić information content (AvgIpc) is 2.58. The monoisotopic (exact) mass is 420 g/mol. The minimum atomic E-state index is 0.